The Hall–Kier alpha value is -1.32. The van der Waals surface area contributed by atoms with Crippen LogP contribution in [-0.4, -0.2) is 23.1 Å². The minimum atomic E-state index is 0.346. The summed E-state index contributed by atoms with van der Waals surface area (Å²) in [5, 5.41) is 6.53. The van der Waals surface area contributed by atoms with Gasteiger partial charge in [-0.05, 0) is 18.3 Å². The summed E-state index contributed by atoms with van der Waals surface area (Å²) in [7, 11) is 0. The molecular weight excluding hydrogens is 212 g/mol. The van der Waals surface area contributed by atoms with E-state index in [-0.39, 0.29) is 0 Å². The zero-order valence-corrected chi connectivity index (χ0v) is 11.4. The van der Waals surface area contributed by atoms with E-state index in [1.54, 1.807) is 12.4 Å². The highest BCUT2D eigenvalue weighted by molar-refractivity contribution is 5.41. The molecule has 2 N–H and O–H groups in total. The number of aromatic nitrogens is 2. The van der Waals surface area contributed by atoms with Gasteiger partial charge >= 0.3 is 0 Å². The Labute approximate surface area is 104 Å². The molecular formula is C13H24N4. The zero-order chi connectivity index (χ0) is 12.7. The van der Waals surface area contributed by atoms with Crippen molar-refractivity contribution in [1.82, 2.24) is 9.97 Å². The van der Waals surface area contributed by atoms with Crippen molar-refractivity contribution in [2.75, 3.05) is 23.7 Å². The lowest BCUT2D eigenvalue weighted by molar-refractivity contribution is 0.389. The van der Waals surface area contributed by atoms with Crippen LogP contribution in [0.4, 0.5) is 11.6 Å². The quantitative estimate of drug-likeness (QED) is 0.796. The Bertz CT molecular complexity index is 330. The molecule has 0 aliphatic carbocycles. The van der Waals surface area contributed by atoms with Crippen LogP contribution in [0.15, 0.2) is 12.4 Å². The van der Waals surface area contributed by atoms with Crippen LogP contribution < -0.4 is 10.6 Å². The summed E-state index contributed by atoms with van der Waals surface area (Å²) in [5.41, 5.74) is 0.346. The topological polar surface area (TPSA) is 49.8 Å². The van der Waals surface area contributed by atoms with Gasteiger partial charge in [-0.1, -0.05) is 27.7 Å². The van der Waals surface area contributed by atoms with E-state index in [0.717, 1.165) is 37.6 Å². The summed E-state index contributed by atoms with van der Waals surface area (Å²) < 4.78 is 0. The highest BCUT2D eigenvalue weighted by Crippen LogP contribution is 2.18. The molecule has 0 unspecified atom stereocenters. The first kappa shape index (κ1) is 13.7. The van der Waals surface area contributed by atoms with Crippen LogP contribution in [0, 0.1) is 5.41 Å². The number of nitrogens with one attached hydrogen (secondary N) is 2. The maximum Gasteiger partial charge on any atom is 0.146 e. The van der Waals surface area contributed by atoms with E-state index in [2.05, 4.69) is 48.3 Å². The second-order valence-electron chi connectivity index (χ2n) is 5.45. The fourth-order valence-electron chi connectivity index (χ4n) is 1.35. The molecule has 1 aromatic rings. The fourth-order valence-corrected chi connectivity index (χ4v) is 1.35. The molecule has 1 heterocycles. The molecule has 0 bridgehead atoms. The first-order valence-corrected chi connectivity index (χ1v) is 6.31. The van der Waals surface area contributed by atoms with E-state index >= 15 is 0 Å². The van der Waals surface area contributed by atoms with Crippen molar-refractivity contribution in [3.05, 3.63) is 12.4 Å². The Kier molecular flexibility index (Phi) is 5.19. The van der Waals surface area contributed by atoms with Gasteiger partial charge in [0.05, 0.1) is 12.4 Å². The second-order valence-corrected chi connectivity index (χ2v) is 5.45. The normalized spacial score (nSPS) is 11.3. The van der Waals surface area contributed by atoms with Gasteiger partial charge in [-0.2, -0.15) is 0 Å². The predicted molar refractivity (Wildman–Crippen MR) is 73.4 cm³/mol. The van der Waals surface area contributed by atoms with Gasteiger partial charge in [0.15, 0.2) is 0 Å². The van der Waals surface area contributed by atoms with Crippen molar-refractivity contribution >= 4 is 11.6 Å². The van der Waals surface area contributed by atoms with Crippen LogP contribution in [0.25, 0.3) is 0 Å². The van der Waals surface area contributed by atoms with E-state index in [0.29, 0.717) is 5.41 Å². The van der Waals surface area contributed by atoms with Gasteiger partial charge in [-0.15, -0.1) is 0 Å². The molecule has 0 saturated carbocycles. The highest BCUT2D eigenvalue weighted by Gasteiger charge is 2.09. The Morgan fingerprint density at radius 1 is 1.06 bits per heavy atom. The Morgan fingerprint density at radius 2 is 1.65 bits per heavy atom. The molecule has 0 spiro atoms. The van der Waals surface area contributed by atoms with Crippen LogP contribution in [0.2, 0.25) is 0 Å². The summed E-state index contributed by atoms with van der Waals surface area (Å²) >= 11 is 0. The monoisotopic (exact) mass is 236 g/mol. The van der Waals surface area contributed by atoms with Crippen LogP contribution >= 0.6 is 0 Å². The van der Waals surface area contributed by atoms with Gasteiger partial charge in [0, 0.05) is 13.1 Å². The molecule has 96 valence electrons. The lowest BCUT2D eigenvalue weighted by Crippen LogP contribution is -2.14. The fraction of sp³-hybridized carbons (Fsp3) is 0.692. The van der Waals surface area contributed by atoms with Crippen molar-refractivity contribution in [3.8, 4) is 0 Å². The SMILES string of the molecule is CCCNc1cncc(NCCC(C)(C)C)n1. The summed E-state index contributed by atoms with van der Waals surface area (Å²) in [6.07, 6.45) is 5.72. The standard InChI is InChI=1S/C13H24N4/c1-5-7-15-11-9-14-10-12(17-11)16-8-6-13(2,3)4/h9-10H,5-8H2,1-4H3,(H2,15,16,17). The lowest BCUT2D eigenvalue weighted by Gasteiger charge is -2.18. The Morgan fingerprint density at radius 3 is 2.18 bits per heavy atom. The molecule has 1 rings (SSSR count). The van der Waals surface area contributed by atoms with Crippen LogP contribution in [0.3, 0.4) is 0 Å². The summed E-state index contributed by atoms with van der Waals surface area (Å²) in [6.45, 7) is 10.7. The summed E-state index contributed by atoms with van der Waals surface area (Å²) in [4.78, 5) is 8.61. The van der Waals surface area contributed by atoms with Crippen molar-refractivity contribution in [2.24, 2.45) is 5.41 Å². The van der Waals surface area contributed by atoms with E-state index in [4.69, 9.17) is 0 Å². The number of anilines is 2. The van der Waals surface area contributed by atoms with E-state index in [1.807, 2.05) is 0 Å². The molecule has 1 aromatic heterocycles. The molecule has 0 aliphatic rings. The largest absolute Gasteiger partial charge is 0.369 e. The molecule has 4 heteroatoms. The molecule has 0 atom stereocenters. The maximum atomic E-state index is 4.45. The number of nitrogens with zero attached hydrogens (tertiary/aromatic N) is 2. The lowest BCUT2D eigenvalue weighted by atomic mass is 9.92. The minimum Gasteiger partial charge on any atom is -0.369 e. The summed E-state index contributed by atoms with van der Waals surface area (Å²) in [6, 6.07) is 0. The molecule has 0 saturated heterocycles. The summed E-state index contributed by atoms with van der Waals surface area (Å²) in [5.74, 6) is 1.68. The molecule has 0 amide bonds. The average molecular weight is 236 g/mol. The van der Waals surface area contributed by atoms with Gasteiger partial charge in [0.25, 0.3) is 0 Å². The zero-order valence-electron chi connectivity index (χ0n) is 11.4. The van der Waals surface area contributed by atoms with E-state index in [9.17, 15) is 0 Å². The minimum absolute atomic E-state index is 0.346. The van der Waals surface area contributed by atoms with Gasteiger partial charge in [0.2, 0.25) is 0 Å². The predicted octanol–water partition coefficient (Wildman–Crippen LogP) is 3.15. The second kappa shape index (κ2) is 6.42. The number of hydrogen-bond acceptors (Lipinski definition) is 4. The maximum absolute atomic E-state index is 4.45. The molecule has 0 fully saturated rings. The average Bonchev–Trinajstić information content (AvgIpc) is 2.25. The van der Waals surface area contributed by atoms with Crippen LogP contribution in [0.1, 0.15) is 40.5 Å². The van der Waals surface area contributed by atoms with Crippen LogP contribution in [-0.2, 0) is 0 Å². The third-order valence-corrected chi connectivity index (χ3v) is 2.37. The van der Waals surface area contributed by atoms with E-state index < -0.39 is 0 Å². The van der Waals surface area contributed by atoms with Crippen molar-refractivity contribution in [3.63, 3.8) is 0 Å². The van der Waals surface area contributed by atoms with Gasteiger partial charge in [0.1, 0.15) is 11.6 Å². The highest BCUT2D eigenvalue weighted by atomic mass is 15.1. The van der Waals surface area contributed by atoms with Crippen molar-refractivity contribution in [1.29, 1.82) is 0 Å². The van der Waals surface area contributed by atoms with Gasteiger partial charge < -0.3 is 10.6 Å². The van der Waals surface area contributed by atoms with Crippen LogP contribution in [0.5, 0.6) is 0 Å². The number of hydrogen-bond donors (Lipinski definition) is 2. The molecule has 0 aliphatic heterocycles. The van der Waals surface area contributed by atoms with Crippen molar-refractivity contribution in [2.45, 2.75) is 40.5 Å². The smallest absolute Gasteiger partial charge is 0.146 e. The first-order valence-electron chi connectivity index (χ1n) is 6.31. The Balaban J connectivity index is 2.43. The number of rotatable bonds is 6. The molecule has 4 nitrogen and oxygen atoms in total. The van der Waals surface area contributed by atoms with Gasteiger partial charge in [-0.25, -0.2) is 4.98 Å². The molecule has 0 aromatic carbocycles. The third-order valence-electron chi connectivity index (χ3n) is 2.37. The molecule has 0 radical (unpaired) electrons. The van der Waals surface area contributed by atoms with Crippen molar-refractivity contribution < 1.29 is 0 Å². The van der Waals surface area contributed by atoms with Gasteiger partial charge in [-0.3, -0.25) is 4.98 Å². The van der Waals surface area contributed by atoms with E-state index in [1.165, 1.54) is 0 Å². The molecule has 17 heavy (non-hydrogen) atoms. The first-order chi connectivity index (χ1) is 8.01. The third kappa shape index (κ3) is 6.09.